The fourth-order valence-electron chi connectivity index (χ4n) is 1.31. The van der Waals surface area contributed by atoms with Gasteiger partial charge in [0.25, 0.3) is 0 Å². The summed E-state index contributed by atoms with van der Waals surface area (Å²) in [6.45, 7) is 4.08. The largest absolute Gasteiger partial charge is 0.375 e. The van der Waals surface area contributed by atoms with Gasteiger partial charge in [0.15, 0.2) is 0 Å². The van der Waals surface area contributed by atoms with Crippen molar-refractivity contribution in [1.82, 2.24) is 9.97 Å². The Bertz CT molecular complexity index is 408. The normalized spacial score (nSPS) is 12.4. The molecule has 2 aromatic rings. The third-order valence-electron chi connectivity index (χ3n) is 2.12. The first-order valence-electron chi connectivity index (χ1n) is 4.84. The van der Waals surface area contributed by atoms with Crippen LogP contribution in [0.4, 0.5) is 5.69 Å². The molecule has 15 heavy (non-hydrogen) atoms. The van der Waals surface area contributed by atoms with Crippen molar-refractivity contribution in [3.05, 3.63) is 40.6 Å². The minimum absolute atomic E-state index is 0.231. The highest BCUT2D eigenvalue weighted by molar-refractivity contribution is 7.09. The molecule has 1 atom stereocenters. The van der Waals surface area contributed by atoms with Gasteiger partial charge in [0, 0.05) is 17.3 Å². The molecule has 0 amide bonds. The molecule has 0 aliphatic rings. The van der Waals surface area contributed by atoms with Crippen LogP contribution in [0.15, 0.2) is 29.9 Å². The second-order valence-electron chi connectivity index (χ2n) is 3.42. The molecule has 0 spiro atoms. The monoisotopic (exact) mass is 219 g/mol. The lowest BCUT2D eigenvalue weighted by molar-refractivity contribution is 0.867. The maximum atomic E-state index is 4.27. The van der Waals surface area contributed by atoms with Gasteiger partial charge in [-0.2, -0.15) is 0 Å². The van der Waals surface area contributed by atoms with Gasteiger partial charge < -0.3 is 5.32 Å². The van der Waals surface area contributed by atoms with E-state index in [-0.39, 0.29) is 6.04 Å². The third-order valence-corrected chi connectivity index (χ3v) is 3.07. The van der Waals surface area contributed by atoms with E-state index in [0.29, 0.717) is 0 Å². The zero-order chi connectivity index (χ0) is 10.7. The molecular weight excluding hydrogens is 206 g/mol. The van der Waals surface area contributed by atoms with Gasteiger partial charge in [-0.1, -0.05) is 0 Å². The highest BCUT2D eigenvalue weighted by atomic mass is 32.1. The summed E-state index contributed by atoms with van der Waals surface area (Å²) in [6, 6.07) is 4.26. The summed E-state index contributed by atoms with van der Waals surface area (Å²) < 4.78 is 0. The van der Waals surface area contributed by atoms with Crippen molar-refractivity contribution in [2.45, 2.75) is 19.9 Å². The quantitative estimate of drug-likeness (QED) is 0.862. The first kappa shape index (κ1) is 10.1. The van der Waals surface area contributed by atoms with Gasteiger partial charge in [0.05, 0.1) is 17.9 Å². The second kappa shape index (κ2) is 4.40. The van der Waals surface area contributed by atoms with Crippen LogP contribution in [0.5, 0.6) is 0 Å². The van der Waals surface area contributed by atoms with Crippen LogP contribution in [0.2, 0.25) is 0 Å². The molecule has 2 heterocycles. The maximum absolute atomic E-state index is 4.27. The highest BCUT2D eigenvalue weighted by Crippen LogP contribution is 2.20. The van der Waals surface area contributed by atoms with E-state index >= 15 is 0 Å². The SMILES string of the molecule is Cc1ccc(NC(C)c2nccs2)cn1. The molecule has 1 unspecified atom stereocenters. The van der Waals surface area contributed by atoms with Crippen molar-refractivity contribution in [2.24, 2.45) is 0 Å². The summed E-state index contributed by atoms with van der Waals surface area (Å²) >= 11 is 1.66. The van der Waals surface area contributed by atoms with Crippen LogP contribution in [0.1, 0.15) is 23.7 Å². The van der Waals surface area contributed by atoms with Gasteiger partial charge in [-0.3, -0.25) is 4.98 Å². The Balaban J connectivity index is 2.06. The van der Waals surface area contributed by atoms with E-state index < -0.39 is 0 Å². The fourth-order valence-corrected chi connectivity index (χ4v) is 1.96. The topological polar surface area (TPSA) is 37.8 Å². The molecule has 0 saturated carbocycles. The summed E-state index contributed by atoms with van der Waals surface area (Å²) in [7, 11) is 0. The van der Waals surface area contributed by atoms with E-state index in [4.69, 9.17) is 0 Å². The molecule has 2 aromatic heterocycles. The lowest BCUT2D eigenvalue weighted by Gasteiger charge is -2.12. The lowest BCUT2D eigenvalue weighted by Crippen LogP contribution is -2.06. The molecule has 0 bridgehead atoms. The predicted octanol–water partition coefficient (Wildman–Crippen LogP) is 3.02. The number of rotatable bonds is 3. The molecule has 0 saturated heterocycles. The number of pyridine rings is 1. The number of anilines is 1. The van der Waals surface area contributed by atoms with Crippen molar-refractivity contribution in [1.29, 1.82) is 0 Å². The summed E-state index contributed by atoms with van der Waals surface area (Å²) in [5.41, 5.74) is 2.06. The van der Waals surface area contributed by atoms with E-state index in [1.807, 2.05) is 36.8 Å². The first-order chi connectivity index (χ1) is 7.25. The summed E-state index contributed by atoms with van der Waals surface area (Å²) in [6.07, 6.45) is 3.67. The van der Waals surface area contributed by atoms with Crippen molar-refractivity contribution < 1.29 is 0 Å². The van der Waals surface area contributed by atoms with Crippen molar-refractivity contribution in [2.75, 3.05) is 5.32 Å². The minimum atomic E-state index is 0.231. The standard InChI is InChI=1S/C11H13N3S/c1-8-3-4-10(7-13-8)14-9(2)11-12-5-6-15-11/h3-7,9,14H,1-2H3. The number of thiazole rings is 1. The van der Waals surface area contributed by atoms with Crippen molar-refractivity contribution in [3.8, 4) is 0 Å². The Morgan fingerprint density at radius 2 is 2.20 bits per heavy atom. The summed E-state index contributed by atoms with van der Waals surface area (Å²) in [4.78, 5) is 8.50. The van der Waals surface area contributed by atoms with Crippen LogP contribution >= 0.6 is 11.3 Å². The van der Waals surface area contributed by atoms with Crippen LogP contribution in [0.25, 0.3) is 0 Å². The maximum Gasteiger partial charge on any atom is 0.115 e. The molecule has 4 heteroatoms. The average molecular weight is 219 g/mol. The molecule has 78 valence electrons. The molecule has 1 N–H and O–H groups in total. The van der Waals surface area contributed by atoms with E-state index in [1.165, 1.54) is 0 Å². The van der Waals surface area contributed by atoms with Gasteiger partial charge in [-0.25, -0.2) is 4.98 Å². The Morgan fingerprint density at radius 1 is 1.33 bits per heavy atom. The molecule has 2 rings (SSSR count). The Morgan fingerprint density at radius 3 is 2.80 bits per heavy atom. The average Bonchev–Trinajstić information content (AvgIpc) is 2.74. The number of nitrogens with one attached hydrogen (secondary N) is 1. The van der Waals surface area contributed by atoms with Crippen molar-refractivity contribution in [3.63, 3.8) is 0 Å². The Labute approximate surface area is 93.2 Å². The lowest BCUT2D eigenvalue weighted by atomic mass is 10.3. The Kier molecular flexibility index (Phi) is 2.97. The molecular formula is C11H13N3S. The number of hydrogen-bond donors (Lipinski definition) is 1. The molecule has 0 aromatic carbocycles. The van der Waals surface area contributed by atoms with E-state index in [9.17, 15) is 0 Å². The van der Waals surface area contributed by atoms with Crippen LogP contribution in [-0.4, -0.2) is 9.97 Å². The number of aromatic nitrogens is 2. The highest BCUT2D eigenvalue weighted by Gasteiger charge is 2.07. The zero-order valence-electron chi connectivity index (χ0n) is 8.77. The van der Waals surface area contributed by atoms with Gasteiger partial charge >= 0.3 is 0 Å². The van der Waals surface area contributed by atoms with Gasteiger partial charge in [0.1, 0.15) is 5.01 Å². The van der Waals surface area contributed by atoms with Gasteiger partial charge in [-0.05, 0) is 26.0 Å². The molecule has 0 aliphatic heterocycles. The van der Waals surface area contributed by atoms with Crippen molar-refractivity contribution >= 4 is 17.0 Å². The number of hydrogen-bond acceptors (Lipinski definition) is 4. The van der Waals surface area contributed by atoms with E-state index in [1.54, 1.807) is 11.3 Å². The van der Waals surface area contributed by atoms with Gasteiger partial charge in [-0.15, -0.1) is 11.3 Å². The Hall–Kier alpha value is -1.42. The first-order valence-corrected chi connectivity index (χ1v) is 5.72. The smallest absolute Gasteiger partial charge is 0.115 e. The molecule has 0 aliphatic carbocycles. The zero-order valence-corrected chi connectivity index (χ0v) is 9.58. The summed E-state index contributed by atoms with van der Waals surface area (Å²) in [5.74, 6) is 0. The second-order valence-corrected chi connectivity index (χ2v) is 4.35. The van der Waals surface area contributed by atoms with Crippen LogP contribution < -0.4 is 5.32 Å². The van der Waals surface area contributed by atoms with Crippen LogP contribution in [-0.2, 0) is 0 Å². The number of nitrogens with zero attached hydrogens (tertiary/aromatic N) is 2. The van der Waals surface area contributed by atoms with Gasteiger partial charge in [0.2, 0.25) is 0 Å². The number of aryl methyl sites for hydroxylation is 1. The molecule has 0 radical (unpaired) electrons. The fraction of sp³-hybridized carbons (Fsp3) is 0.273. The van der Waals surface area contributed by atoms with E-state index in [0.717, 1.165) is 16.4 Å². The predicted molar refractivity (Wildman–Crippen MR) is 63.1 cm³/mol. The molecule has 3 nitrogen and oxygen atoms in total. The van der Waals surface area contributed by atoms with Crippen LogP contribution in [0.3, 0.4) is 0 Å². The third kappa shape index (κ3) is 2.53. The van der Waals surface area contributed by atoms with Crippen LogP contribution in [0, 0.1) is 6.92 Å². The van der Waals surface area contributed by atoms with E-state index in [2.05, 4.69) is 22.2 Å². The molecule has 0 fully saturated rings. The summed E-state index contributed by atoms with van der Waals surface area (Å²) in [5, 5.41) is 6.44. The minimum Gasteiger partial charge on any atom is -0.375 e.